The molecular formula is C12H12O8. The maximum absolute atomic E-state index is 11.6. The third kappa shape index (κ3) is 2.79. The van der Waals surface area contributed by atoms with E-state index in [0.29, 0.717) is 0 Å². The Morgan fingerprint density at radius 2 is 1.55 bits per heavy atom. The Balaban J connectivity index is 3.60. The van der Waals surface area contributed by atoms with E-state index in [2.05, 4.69) is 9.47 Å². The summed E-state index contributed by atoms with van der Waals surface area (Å²) in [5.74, 6) is -4.99. The minimum atomic E-state index is -1.29. The van der Waals surface area contributed by atoms with E-state index in [-0.39, 0.29) is 5.56 Å². The molecule has 0 aliphatic rings. The number of carbonyl (C=O) groups excluding carboxylic acids is 2. The number of phenols is 2. The second-order valence-electron chi connectivity index (χ2n) is 3.71. The van der Waals surface area contributed by atoms with E-state index in [0.717, 1.165) is 20.3 Å². The van der Waals surface area contributed by atoms with Crippen LogP contribution in [0.3, 0.4) is 0 Å². The Hall–Kier alpha value is -2.77. The summed E-state index contributed by atoms with van der Waals surface area (Å²) in [5.41, 5.74) is -1.33. The molecule has 0 fully saturated rings. The lowest BCUT2D eigenvalue weighted by Crippen LogP contribution is -2.13. The summed E-state index contributed by atoms with van der Waals surface area (Å²) in [5, 5.41) is 28.3. The molecule has 0 aliphatic carbocycles. The van der Waals surface area contributed by atoms with Crippen LogP contribution in [0.4, 0.5) is 0 Å². The fraction of sp³-hybridized carbons (Fsp3) is 0.250. The molecule has 0 atom stereocenters. The average Bonchev–Trinajstić information content (AvgIpc) is 2.36. The Morgan fingerprint density at radius 3 is 2.00 bits per heavy atom. The Morgan fingerprint density at radius 1 is 1.05 bits per heavy atom. The Bertz CT molecular complexity index is 575. The molecular weight excluding hydrogens is 272 g/mol. The van der Waals surface area contributed by atoms with Crippen LogP contribution < -0.4 is 0 Å². The second-order valence-corrected chi connectivity index (χ2v) is 3.71. The second kappa shape index (κ2) is 5.91. The van der Waals surface area contributed by atoms with Gasteiger partial charge in [0.15, 0.2) is 0 Å². The van der Waals surface area contributed by atoms with E-state index in [4.69, 9.17) is 5.11 Å². The van der Waals surface area contributed by atoms with Crippen molar-refractivity contribution in [3.63, 3.8) is 0 Å². The number of aliphatic carboxylic acids is 1. The molecule has 1 rings (SSSR count). The molecule has 0 spiro atoms. The van der Waals surface area contributed by atoms with E-state index in [9.17, 15) is 24.6 Å². The van der Waals surface area contributed by atoms with Gasteiger partial charge in [-0.1, -0.05) is 0 Å². The van der Waals surface area contributed by atoms with E-state index in [1.807, 2.05) is 0 Å². The van der Waals surface area contributed by atoms with Gasteiger partial charge in [0.2, 0.25) is 0 Å². The van der Waals surface area contributed by atoms with E-state index in [1.54, 1.807) is 0 Å². The van der Waals surface area contributed by atoms with Crippen LogP contribution in [-0.4, -0.2) is 47.4 Å². The van der Waals surface area contributed by atoms with Crippen molar-refractivity contribution < 1.29 is 39.2 Å². The van der Waals surface area contributed by atoms with Gasteiger partial charge >= 0.3 is 17.9 Å². The molecule has 0 unspecified atom stereocenters. The molecule has 0 radical (unpaired) electrons. The molecule has 0 aromatic heterocycles. The first-order valence-corrected chi connectivity index (χ1v) is 5.29. The summed E-state index contributed by atoms with van der Waals surface area (Å²) in [4.78, 5) is 33.8. The molecule has 20 heavy (non-hydrogen) atoms. The molecule has 0 saturated carbocycles. The highest BCUT2D eigenvalue weighted by Crippen LogP contribution is 2.35. The first kappa shape index (κ1) is 15.3. The van der Waals surface area contributed by atoms with Crippen molar-refractivity contribution in [1.82, 2.24) is 0 Å². The van der Waals surface area contributed by atoms with Crippen molar-refractivity contribution in [2.45, 2.75) is 6.42 Å². The molecule has 1 aromatic rings. The summed E-state index contributed by atoms with van der Waals surface area (Å²) in [7, 11) is 2.04. The number of carbonyl (C=O) groups is 3. The maximum atomic E-state index is 11.6. The van der Waals surface area contributed by atoms with Crippen LogP contribution in [0.15, 0.2) is 6.07 Å². The van der Waals surface area contributed by atoms with Crippen molar-refractivity contribution in [1.29, 1.82) is 0 Å². The fourth-order valence-electron chi connectivity index (χ4n) is 1.64. The number of hydrogen-bond acceptors (Lipinski definition) is 7. The lowest BCUT2D eigenvalue weighted by molar-refractivity contribution is -0.136. The minimum Gasteiger partial charge on any atom is -0.507 e. The molecule has 0 heterocycles. The van der Waals surface area contributed by atoms with Crippen molar-refractivity contribution >= 4 is 17.9 Å². The minimum absolute atomic E-state index is 0.188. The monoisotopic (exact) mass is 284 g/mol. The Labute approximate surface area is 113 Å². The van der Waals surface area contributed by atoms with E-state index in [1.165, 1.54) is 0 Å². The molecule has 8 heteroatoms. The van der Waals surface area contributed by atoms with Gasteiger partial charge in [-0.2, -0.15) is 0 Å². The number of aromatic hydroxyl groups is 2. The largest absolute Gasteiger partial charge is 0.507 e. The van der Waals surface area contributed by atoms with Crippen LogP contribution in [-0.2, 0) is 20.7 Å². The van der Waals surface area contributed by atoms with Gasteiger partial charge in [0.1, 0.15) is 22.6 Å². The van der Waals surface area contributed by atoms with Crippen LogP contribution in [0.1, 0.15) is 26.3 Å². The third-order valence-electron chi connectivity index (χ3n) is 2.48. The lowest BCUT2D eigenvalue weighted by atomic mass is 9.98. The molecule has 0 saturated heterocycles. The zero-order chi connectivity index (χ0) is 15.4. The SMILES string of the molecule is COC(=O)c1c(O)cc(CC(=O)O)c(C(=O)OC)c1O. The summed E-state index contributed by atoms with van der Waals surface area (Å²) >= 11 is 0. The summed E-state index contributed by atoms with van der Waals surface area (Å²) in [6.45, 7) is 0. The molecule has 8 nitrogen and oxygen atoms in total. The smallest absolute Gasteiger partial charge is 0.345 e. The standard InChI is InChI=1S/C12H12O8/c1-19-11(17)8-5(4-7(14)15)3-6(13)9(10(8)16)12(18)20-2/h3,13,16H,4H2,1-2H3,(H,14,15). The summed E-state index contributed by atoms with van der Waals surface area (Å²) < 4.78 is 8.78. The van der Waals surface area contributed by atoms with Crippen LogP contribution in [0.5, 0.6) is 11.5 Å². The molecule has 3 N–H and O–H groups in total. The number of rotatable bonds is 4. The van der Waals surface area contributed by atoms with E-state index < -0.39 is 47.0 Å². The normalized spacial score (nSPS) is 9.90. The van der Waals surface area contributed by atoms with E-state index >= 15 is 0 Å². The third-order valence-corrected chi connectivity index (χ3v) is 2.48. The highest BCUT2D eigenvalue weighted by atomic mass is 16.5. The molecule has 0 amide bonds. The van der Waals surface area contributed by atoms with Crippen LogP contribution >= 0.6 is 0 Å². The van der Waals surface area contributed by atoms with Gasteiger partial charge in [-0.3, -0.25) is 4.79 Å². The van der Waals surface area contributed by atoms with Gasteiger partial charge < -0.3 is 24.8 Å². The first-order valence-electron chi connectivity index (χ1n) is 5.29. The zero-order valence-corrected chi connectivity index (χ0v) is 10.7. The molecule has 0 bridgehead atoms. The van der Waals surface area contributed by atoms with Crippen molar-refractivity contribution in [2.75, 3.05) is 14.2 Å². The summed E-state index contributed by atoms with van der Waals surface area (Å²) in [6.07, 6.45) is -0.646. The van der Waals surface area contributed by atoms with Crippen molar-refractivity contribution in [2.24, 2.45) is 0 Å². The highest BCUT2D eigenvalue weighted by Gasteiger charge is 2.28. The highest BCUT2D eigenvalue weighted by molar-refractivity contribution is 6.03. The van der Waals surface area contributed by atoms with Crippen molar-refractivity contribution in [3.8, 4) is 11.5 Å². The van der Waals surface area contributed by atoms with Gasteiger partial charge in [-0.25, -0.2) is 9.59 Å². The number of esters is 2. The Kier molecular flexibility index (Phi) is 4.52. The quantitative estimate of drug-likeness (QED) is 0.673. The first-order chi connectivity index (χ1) is 9.33. The number of benzene rings is 1. The molecule has 0 aliphatic heterocycles. The number of methoxy groups -OCH3 is 2. The van der Waals surface area contributed by atoms with Crippen LogP contribution in [0.2, 0.25) is 0 Å². The summed E-state index contributed by atoms with van der Waals surface area (Å²) in [6, 6.07) is 0.895. The predicted octanol–water partition coefficient (Wildman–Crippen LogP) is 0.298. The maximum Gasteiger partial charge on any atom is 0.345 e. The van der Waals surface area contributed by atoms with Gasteiger partial charge in [-0.15, -0.1) is 0 Å². The lowest BCUT2D eigenvalue weighted by Gasteiger charge is -2.13. The van der Waals surface area contributed by atoms with Crippen LogP contribution in [0, 0.1) is 0 Å². The number of hydrogen-bond donors (Lipinski definition) is 3. The van der Waals surface area contributed by atoms with Gasteiger partial charge in [0, 0.05) is 0 Å². The van der Waals surface area contributed by atoms with Crippen molar-refractivity contribution in [3.05, 3.63) is 22.8 Å². The average molecular weight is 284 g/mol. The van der Waals surface area contributed by atoms with Gasteiger partial charge in [-0.05, 0) is 11.6 Å². The number of carboxylic acids is 1. The zero-order valence-electron chi connectivity index (χ0n) is 10.7. The predicted molar refractivity (Wildman–Crippen MR) is 63.8 cm³/mol. The number of carboxylic acid groups (broad SMARTS) is 1. The number of ether oxygens (including phenoxy) is 2. The molecule has 108 valence electrons. The van der Waals surface area contributed by atoms with Gasteiger partial charge in [0.25, 0.3) is 0 Å². The van der Waals surface area contributed by atoms with Gasteiger partial charge in [0.05, 0.1) is 20.6 Å². The molecule has 1 aromatic carbocycles. The topological polar surface area (TPSA) is 130 Å². The van der Waals surface area contributed by atoms with Crippen LogP contribution in [0.25, 0.3) is 0 Å². The number of phenolic OH excluding ortho intramolecular Hbond substituents is 2. The fourth-order valence-corrected chi connectivity index (χ4v) is 1.64.